The van der Waals surface area contributed by atoms with Gasteiger partial charge in [0.15, 0.2) is 0 Å². The number of carbonyl (C=O) groups is 1. The quantitative estimate of drug-likeness (QED) is 0.689. The van der Waals surface area contributed by atoms with Crippen LogP contribution < -0.4 is 10.6 Å². The summed E-state index contributed by atoms with van der Waals surface area (Å²) in [7, 11) is -3.60. The van der Waals surface area contributed by atoms with Gasteiger partial charge < -0.3 is 5.73 Å². The minimum Gasteiger partial charge on any atom is -0.368 e. The number of hydrogen-bond donors (Lipinski definition) is 2. The van der Waals surface area contributed by atoms with Crippen LogP contribution in [0, 0.1) is 0 Å². The van der Waals surface area contributed by atoms with Gasteiger partial charge in [0.1, 0.15) is 6.61 Å². The Labute approximate surface area is 106 Å². The summed E-state index contributed by atoms with van der Waals surface area (Å²) in [6.45, 7) is 1.31. The Kier molecular flexibility index (Phi) is 5.26. The van der Waals surface area contributed by atoms with E-state index in [1.54, 1.807) is 6.92 Å². The van der Waals surface area contributed by atoms with Crippen molar-refractivity contribution in [3.8, 4) is 0 Å². The van der Waals surface area contributed by atoms with Crippen molar-refractivity contribution in [2.45, 2.75) is 12.8 Å². The van der Waals surface area contributed by atoms with Gasteiger partial charge in [0.25, 0.3) is 0 Å². The number of nitrogens with two attached hydrogens (primary N) is 1. The number of sulfonamides is 1. The van der Waals surface area contributed by atoms with E-state index < -0.39 is 22.5 Å². The van der Waals surface area contributed by atoms with Gasteiger partial charge >= 0.3 is 0 Å². The standard InChI is InChI=1S/C11H16N2O4S/c1-9(10-5-3-2-4-6-10)8-18(15,16)13-17-7-11(12)14/h2-6,9,13H,7-8H2,1H3,(H2,12,14). The minimum absolute atomic E-state index is 0.129. The van der Waals surface area contributed by atoms with Crippen LogP contribution in [-0.4, -0.2) is 26.7 Å². The van der Waals surface area contributed by atoms with Gasteiger partial charge in [-0.3, -0.25) is 9.63 Å². The zero-order valence-corrected chi connectivity index (χ0v) is 10.8. The first-order chi connectivity index (χ1) is 8.41. The van der Waals surface area contributed by atoms with Gasteiger partial charge in [0.05, 0.1) is 5.75 Å². The maximum atomic E-state index is 11.6. The first kappa shape index (κ1) is 14.6. The van der Waals surface area contributed by atoms with E-state index >= 15 is 0 Å². The summed E-state index contributed by atoms with van der Waals surface area (Å²) in [6, 6.07) is 9.25. The van der Waals surface area contributed by atoms with E-state index in [1.165, 1.54) is 0 Å². The van der Waals surface area contributed by atoms with Gasteiger partial charge in [0, 0.05) is 0 Å². The van der Waals surface area contributed by atoms with Crippen LogP contribution in [0.25, 0.3) is 0 Å². The van der Waals surface area contributed by atoms with Crippen molar-refractivity contribution < 1.29 is 18.0 Å². The zero-order chi connectivity index (χ0) is 13.6. The summed E-state index contributed by atoms with van der Waals surface area (Å²) >= 11 is 0. The Morgan fingerprint density at radius 1 is 1.39 bits per heavy atom. The second-order valence-electron chi connectivity index (χ2n) is 3.93. The number of primary amides is 1. The van der Waals surface area contributed by atoms with Crippen molar-refractivity contribution in [3.63, 3.8) is 0 Å². The number of nitrogens with one attached hydrogen (secondary N) is 1. The van der Waals surface area contributed by atoms with Crippen molar-refractivity contribution in [1.29, 1.82) is 0 Å². The van der Waals surface area contributed by atoms with E-state index in [4.69, 9.17) is 5.73 Å². The topological polar surface area (TPSA) is 98.5 Å². The van der Waals surface area contributed by atoms with E-state index in [-0.39, 0.29) is 11.7 Å². The lowest BCUT2D eigenvalue weighted by Crippen LogP contribution is -2.32. The molecule has 0 radical (unpaired) electrons. The highest BCUT2D eigenvalue weighted by Crippen LogP contribution is 2.16. The first-order valence-corrected chi connectivity index (χ1v) is 7.00. The first-order valence-electron chi connectivity index (χ1n) is 5.35. The summed E-state index contributed by atoms with van der Waals surface area (Å²) in [5.41, 5.74) is 5.73. The maximum Gasteiger partial charge on any atom is 0.245 e. The predicted octanol–water partition coefficient (Wildman–Crippen LogP) is 0.126. The van der Waals surface area contributed by atoms with Crippen molar-refractivity contribution in [3.05, 3.63) is 35.9 Å². The molecule has 0 aliphatic heterocycles. The number of benzene rings is 1. The summed E-state index contributed by atoms with van der Waals surface area (Å²) in [6.07, 6.45) is 0. The van der Waals surface area contributed by atoms with E-state index in [0.29, 0.717) is 0 Å². The Bertz CT molecular complexity index is 487. The average Bonchev–Trinajstić information content (AvgIpc) is 2.28. The van der Waals surface area contributed by atoms with Gasteiger partial charge in [-0.15, -0.1) is 0 Å². The van der Waals surface area contributed by atoms with E-state index in [1.807, 2.05) is 35.2 Å². The summed E-state index contributed by atoms with van der Waals surface area (Å²) < 4.78 is 23.2. The minimum atomic E-state index is -3.60. The van der Waals surface area contributed by atoms with Gasteiger partial charge in [-0.05, 0) is 11.5 Å². The molecule has 7 heteroatoms. The molecule has 0 heterocycles. The van der Waals surface area contributed by atoms with Crippen molar-refractivity contribution in [2.75, 3.05) is 12.4 Å². The molecule has 100 valence electrons. The smallest absolute Gasteiger partial charge is 0.245 e. The van der Waals surface area contributed by atoms with Crippen LogP contribution in [0.2, 0.25) is 0 Å². The lowest BCUT2D eigenvalue weighted by atomic mass is 10.0. The molecule has 1 rings (SSSR count). The van der Waals surface area contributed by atoms with Crippen LogP contribution in [0.1, 0.15) is 18.4 Å². The van der Waals surface area contributed by atoms with Crippen molar-refractivity contribution >= 4 is 15.9 Å². The average molecular weight is 272 g/mol. The molecule has 0 spiro atoms. The largest absolute Gasteiger partial charge is 0.368 e. The van der Waals surface area contributed by atoms with E-state index in [9.17, 15) is 13.2 Å². The van der Waals surface area contributed by atoms with Crippen LogP contribution >= 0.6 is 0 Å². The second kappa shape index (κ2) is 6.48. The molecule has 0 saturated heterocycles. The summed E-state index contributed by atoms with van der Waals surface area (Å²) in [4.78, 5) is 16.7. The molecule has 3 N–H and O–H groups in total. The fourth-order valence-electron chi connectivity index (χ4n) is 1.43. The molecule has 1 unspecified atom stereocenters. The molecular formula is C11H16N2O4S. The molecule has 6 nitrogen and oxygen atoms in total. The molecule has 1 aromatic carbocycles. The highest BCUT2D eigenvalue weighted by molar-refractivity contribution is 7.89. The molecule has 0 fully saturated rings. The Balaban J connectivity index is 2.53. The SMILES string of the molecule is CC(CS(=O)(=O)NOCC(N)=O)c1ccccc1. The third kappa shape index (κ3) is 5.26. The number of rotatable bonds is 7. The van der Waals surface area contributed by atoms with Gasteiger partial charge in [0.2, 0.25) is 15.9 Å². The molecule has 0 aliphatic rings. The maximum absolute atomic E-state index is 11.6. The normalized spacial score (nSPS) is 13.2. The molecule has 0 aromatic heterocycles. The highest BCUT2D eigenvalue weighted by atomic mass is 32.2. The molecule has 0 bridgehead atoms. The molecule has 1 aromatic rings. The van der Waals surface area contributed by atoms with E-state index in [2.05, 4.69) is 4.84 Å². The lowest BCUT2D eigenvalue weighted by molar-refractivity contribution is -0.123. The van der Waals surface area contributed by atoms with Crippen LogP contribution in [-0.2, 0) is 19.7 Å². The monoisotopic (exact) mass is 272 g/mol. The van der Waals surface area contributed by atoms with Gasteiger partial charge in [-0.1, -0.05) is 42.1 Å². The fraction of sp³-hybridized carbons (Fsp3) is 0.364. The van der Waals surface area contributed by atoms with Crippen LogP contribution in [0.4, 0.5) is 0 Å². The van der Waals surface area contributed by atoms with E-state index in [0.717, 1.165) is 5.56 Å². The Morgan fingerprint density at radius 3 is 2.56 bits per heavy atom. The zero-order valence-electron chi connectivity index (χ0n) is 10.00. The van der Waals surface area contributed by atoms with Crippen molar-refractivity contribution in [1.82, 2.24) is 4.89 Å². The highest BCUT2D eigenvalue weighted by Gasteiger charge is 2.17. The van der Waals surface area contributed by atoms with Crippen LogP contribution in [0.3, 0.4) is 0 Å². The summed E-state index contributed by atoms with van der Waals surface area (Å²) in [5, 5.41) is 0. The Morgan fingerprint density at radius 2 is 2.00 bits per heavy atom. The predicted molar refractivity (Wildman–Crippen MR) is 66.9 cm³/mol. The third-order valence-electron chi connectivity index (χ3n) is 2.24. The van der Waals surface area contributed by atoms with Gasteiger partial charge in [-0.2, -0.15) is 0 Å². The number of hydrogen-bond acceptors (Lipinski definition) is 4. The fourth-order valence-corrected chi connectivity index (χ4v) is 2.59. The van der Waals surface area contributed by atoms with Gasteiger partial charge in [-0.25, -0.2) is 8.42 Å². The molecule has 1 atom stereocenters. The molecule has 18 heavy (non-hydrogen) atoms. The summed E-state index contributed by atoms with van der Waals surface area (Å²) in [5.74, 6) is -1.05. The third-order valence-corrected chi connectivity index (χ3v) is 3.55. The van der Waals surface area contributed by atoms with Crippen molar-refractivity contribution in [2.24, 2.45) is 5.73 Å². The second-order valence-corrected chi connectivity index (χ2v) is 5.66. The lowest BCUT2D eigenvalue weighted by Gasteiger charge is -2.12. The molecular weight excluding hydrogens is 256 g/mol. The van der Waals surface area contributed by atoms with Crippen LogP contribution in [0.5, 0.6) is 0 Å². The molecule has 1 amide bonds. The Hall–Kier alpha value is -1.44. The van der Waals surface area contributed by atoms with Crippen LogP contribution in [0.15, 0.2) is 30.3 Å². The molecule has 0 aliphatic carbocycles. The number of carbonyl (C=O) groups excluding carboxylic acids is 1. The number of amides is 1. The molecule has 0 saturated carbocycles.